The van der Waals surface area contributed by atoms with Crippen LogP contribution in [-0.2, 0) is 9.53 Å². The molecule has 1 N–H and O–H groups in total. The highest BCUT2D eigenvalue weighted by Crippen LogP contribution is 2.25. The van der Waals surface area contributed by atoms with Crippen LogP contribution in [0.15, 0.2) is 72.8 Å². The average Bonchev–Trinajstić information content (AvgIpc) is 3.08. The molecule has 0 radical (unpaired) electrons. The minimum absolute atomic E-state index is 0.0894. The number of nitrogens with zero attached hydrogens (tertiary/aromatic N) is 1. The molecule has 0 saturated heterocycles. The van der Waals surface area contributed by atoms with Crippen LogP contribution >= 0.6 is 0 Å². The van der Waals surface area contributed by atoms with E-state index in [0.717, 1.165) is 0 Å². The van der Waals surface area contributed by atoms with Gasteiger partial charge in [0.1, 0.15) is 11.5 Å². The molecule has 1 aliphatic rings. The van der Waals surface area contributed by atoms with Gasteiger partial charge in [-0.3, -0.25) is 19.3 Å². The molecular weight excluding hydrogens is 448 g/mol. The number of nitrogens with one attached hydrogen (secondary N) is 1. The van der Waals surface area contributed by atoms with E-state index in [-0.39, 0.29) is 28.5 Å². The normalized spacial score (nSPS) is 12.5. The Morgan fingerprint density at radius 3 is 2.20 bits per heavy atom. The number of benzene rings is 3. The Hall–Kier alpha value is -4.46. The Bertz CT molecular complexity index is 1270. The number of hydrogen-bond acceptors (Lipinski definition) is 6. The van der Waals surface area contributed by atoms with Gasteiger partial charge in [0.25, 0.3) is 17.7 Å². The number of hydrogen-bond donors (Lipinski definition) is 1. The van der Waals surface area contributed by atoms with E-state index >= 15 is 0 Å². The lowest BCUT2D eigenvalue weighted by atomic mass is 10.1. The summed E-state index contributed by atoms with van der Waals surface area (Å²) in [6.07, 6.45) is 0. The molecule has 178 valence electrons. The topological polar surface area (TPSA) is 102 Å². The van der Waals surface area contributed by atoms with Gasteiger partial charge in [-0.1, -0.05) is 32.0 Å². The summed E-state index contributed by atoms with van der Waals surface area (Å²) in [6.45, 7) is 3.60. The first-order chi connectivity index (χ1) is 16.8. The second-order valence-electron chi connectivity index (χ2n) is 8.44. The SMILES string of the molecule is CC(C)CN1C(=O)c2ccc(C(=O)OCC(=O)Nc3ccc(Oc4ccccc4)cc3)cc2C1=O. The van der Waals surface area contributed by atoms with Crippen molar-refractivity contribution in [3.8, 4) is 11.5 Å². The summed E-state index contributed by atoms with van der Waals surface area (Å²) in [5.74, 6) is -0.682. The van der Waals surface area contributed by atoms with Crippen LogP contribution in [0.25, 0.3) is 0 Å². The van der Waals surface area contributed by atoms with Crippen LogP contribution in [0, 0.1) is 5.92 Å². The third-order valence-corrected chi connectivity index (χ3v) is 5.21. The average molecular weight is 472 g/mol. The van der Waals surface area contributed by atoms with E-state index in [1.165, 1.54) is 23.1 Å². The lowest BCUT2D eigenvalue weighted by Crippen LogP contribution is -2.33. The number of imide groups is 1. The molecule has 35 heavy (non-hydrogen) atoms. The number of para-hydroxylation sites is 1. The van der Waals surface area contributed by atoms with Gasteiger partial charge in [0, 0.05) is 12.2 Å². The van der Waals surface area contributed by atoms with Gasteiger partial charge < -0.3 is 14.8 Å². The van der Waals surface area contributed by atoms with E-state index in [1.54, 1.807) is 24.3 Å². The van der Waals surface area contributed by atoms with Gasteiger partial charge in [-0.25, -0.2) is 4.79 Å². The van der Waals surface area contributed by atoms with Crippen molar-refractivity contribution >= 4 is 29.4 Å². The third kappa shape index (κ3) is 5.55. The monoisotopic (exact) mass is 472 g/mol. The molecule has 4 rings (SSSR count). The second-order valence-corrected chi connectivity index (χ2v) is 8.44. The third-order valence-electron chi connectivity index (χ3n) is 5.21. The van der Waals surface area contributed by atoms with E-state index in [9.17, 15) is 19.2 Å². The second kappa shape index (κ2) is 10.2. The molecule has 8 heteroatoms. The van der Waals surface area contributed by atoms with Gasteiger partial charge in [-0.05, 0) is 60.5 Å². The van der Waals surface area contributed by atoms with Crippen molar-refractivity contribution in [3.63, 3.8) is 0 Å². The van der Waals surface area contributed by atoms with Crippen LogP contribution in [0.5, 0.6) is 11.5 Å². The minimum Gasteiger partial charge on any atom is -0.457 e. The van der Waals surface area contributed by atoms with Crippen molar-refractivity contribution in [2.24, 2.45) is 5.92 Å². The molecule has 8 nitrogen and oxygen atoms in total. The van der Waals surface area contributed by atoms with Crippen LogP contribution in [0.1, 0.15) is 44.9 Å². The molecule has 0 atom stereocenters. The smallest absolute Gasteiger partial charge is 0.338 e. The molecule has 0 bridgehead atoms. The number of rotatable bonds is 8. The predicted octanol–water partition coefficient (Wildman–Crippen LogP) is 4.53. The largest absolute Gasteiger partial charge is 0.457 e. The van der Waals surface area contributed by atoms with E-state index < -0.39 is 24.4 Å². The molecule has 1 heterocycles. The maximum Gasteiger partial charge on any atom is 0.338 e. The summed E-state index contributed by atoms with van der Waals surface area (Å²) in [5.41, 5.74) is 1.02. The fourth-order valence-corrected chi connectivity index (χ4v) is 3.59. The van der Waals surface area contributed by atoms with Crippen LogP contribution < -0.4 is 10.1 Å². The molecule has 3 aromatic rings. The van der Waals surface area contributed by atoms with Crippen LogP contribution in [0.2, 0.25) is 0 Å². The van der Waals surface area contributed by atoms with E-state index in [0.29, 0.717) is 23.7 Å². The van der Waals surface area contributed by atoms with Gasteiger partial charge in [0.15, 0.2) is 6.61 Å². The summed E-state index contributed by atoms with van der Waals surface area (Å²) in [4.78, 5) is 50.9. The first-order valence-electron chi connectivity index (χ1n) is 11.1. The first-order valence-corrected chi connectivity index (χ1v) is 11.1. The molecular formula is C27H24N2O6. The van der Waals surface area contributed by atoms with Gasteiger partial charge >= 0.3 is 5.97 Å². The predicted molar refractivity (Wildman–Crippen MR) is 129 cm³/mol. The van der Waals surface area contributed by atoms with Crippen LogP contribution in [-0.4, -0.2) is 41.7 Å². The molecule has 3 aromatic carbocycles. The fourth-order valence-electron chi connectivity index (χ4n) is 3.59. The van der Waals surface area contributed by atoms with Gasteiger partial charge in [-0.2, -0.15) is 0 Å². The fraction of sp³-hybridized carbons (Fsp3) is 0.185. The number of esters is 1. The van der Waals surface area contributed by atoms with Crippen molar-refractivity contribution in [2.45, 2.75) is 13.8 Å². The van der Waals surface area contributed by atoms with Crippen molar-refractivity contribution in [2.75, 3.05) is 18.5 Å². The van der Waals surface area contributed by atoms with E-state index in [1.807, 2.05) is 44.2 Å². The summed E-state index contributed by atoms with van der Waals surface area (Å²) in [7, 11) is 0. The Morgan fingerprint density at radius 1 is 0.857 bits per heavy atom. The number of ether oxygens (including phenoxy) is 2. The number of carbonyl (C=O) groups is 4. The summed E-state index contributed by atoms with van der Waals surface area (Å²) in [6, 6.07) is 20.2. The summed E-state index contributed by atoms with van der Waals surface area (Å²) >= 11 is 0. The molecule has 1 aliphatic heterocycles. The molecule has 0 spiro atoms. The van der Waals surface area contributed by atoms with Crippen molar-refractivity contribution in [1.29, 1.82) is 0 Å². The lowest BCUT2D eigenvalue weighted by Gasteiger charge is -2.15. The summed E-state index contributed by atoms with van der Waals surface area (Å²) in [5, 5.41) is 2.64. The first kappa shape index (κ1) is 23.7. The maximum atomic E-state index is 12.6. The zero-order valence-corrected chi connectivity index (χ0v) is 19.3. The number of anilines is 1. The van der Waals surface area contributed by atoms with Crippen molar-refractivity contribution < 1.29 is 28.7 Å². The Balaban J connectivity index is 1.31. The molecule has 3 amide bonds. The van der Waals surface area contributed by atoms with Gasteiger partial charge in [0.2, 0.25) is 0 Å². The Morgan fingerprint density at radius 2 is 1.51 bits per heavy atom. The van der Waals surface area contributed by atoms with Crippen LogP contribution in [0.3, 0.4) is 0 Å². The Labute approximate surface area is 202 Å². The molecule has 0 unspecified atom stereocenters. The number of amides is 3. The Kier molecular flexibility index (Phi) is 6.91. The highest BCUT2D eigenvalue weighted by molar-refractivity contribution is 6.22. The highest BCUT2D eigenvalue weighted by atomic mass is 16.5. The van der Waals surface area contributed by atoms with Crippen molar-refractivity contribution in [1.82, 2.24) is 4.90 Å². The molecule has 0 fully saturated rings. The van der Waals surface area contributed by atoms with Crippen LogP contribution in [0.4, 0.5) is 5.69 Å². The quantitative estimate of drug-likeness (QED) is 0.382. The molecule has 0 saturated carbocycles. The molecule has 0 aromatic heterocycles. The van der Waals surface area contributed by atoms with E-state index in [4.69, 9.17) is 9.47 Å². The van der Waals surface area contributed by atoms with E-state index in [2.05, 4.69) is 5.32 Å². The minimum atomic E-state index is -0.767. The highest BCUT2D eigenvalue weighted by Gasteiger charge is 2.36. The number of fused-ring (bicyclic) bond motifs is 1. The lowest BCUT2D eigenvalue weighted by molar-refractivity contribution is -0.119. The number of carbonyl (C=O) groups excluding carboxylic acids is 4. The van der Waals surface area contributed by atoms with Crippen molar-refractivity contribution in [3.05, 3.63) is 89.5 Å². The maximum absolute atomic E-state index is 12.6. The van der Waals surface area contributed by atoms with Gasteiger partial charge in [0.05, 0.1) is 16.7 Å². The summed E-state index contributed by atoms with van der Waals surface area (Å²) < 4.78 is 10.8. The molecule has 0 aliphatic carbocycles. The standard InChI is InChI=1S/C27H24N2O6/c1-17(2)15-29-25(31)22-13-8-18(14-23(22)26(29)32)27(33)34-16-24(30)28-19-9-11-21(12-10-19)35-20-6-4-3-5-7-20/h3-14,17H,15-16H2,1-2H3,(H,28,30). The zero-order valence-electron chi connectivity index (χ0n) is 19.3. The zero-order chi connectivity index (χ0) is 24.9. The van der Waals surface area contributed by atoms with Gasteiger partial charge in [-0.15, -0.1) is 0 Å².